The van der Waals surface area contributed by atoms with Crippen molar-refractivity contribution in [1.82, 2.24) is 10.6 Å². The maximum Gasteiger partial charge on any atom is 0.303 e. The molecule has 0 radical (unpaired) electrons. The van der Waals surface area contributed by atoms with Crippen LogP contribution in [0.4, 0.5) is 0 Å². The summed E-state index contributed by atoms with van der Waals surface area (Å²) >= 11 is 0. The molecule has 0 aliphatic carbocycles. The van der Waals surface area contributed by atoms with Crippen LogP contribution in [0.1, 0.15) is 64.9 Å². The van der Waals surface area contributed by atoms with Gasteiger partial charge in [-0.05, 0) is 50.3 Å². The van der Waals surface area contributed by atoms with Crippen molar-refractivity contribution in [1.29, 1.82) is 0 Å². The quantitative estimate of drug-likeness (QED) is 0.436. The SMILES string of the molecule is CCCCCC1Oc2cc(CCNC(=O)C(CCC(=O)O)NC(C)=O)ccc2OC1C. The smallest absolute Gasteiger partial charge is 0.303 e. The predicted molar refractivity (Wildman–Crippen MR) is 116 cm³/mol. The van der Waals surface area contributed by atoms with E-state index in [9.17, 15) is 14.4 Å². The average molecular weight is 435 g/mol. The summed E-state index contributed by atoms with van der Waals surface area (Å²) in [5.41, 5.74) is 0.992. The standard InChI is InChI=1S/C23H34N2O6/c1-4-5-6-7-19-15(2)30-20-10-8-17(14-21(20)31-19)12-13-24-23(29)18(25-16(3)26)9-11-22(27)28/h8,10,14-15,18-19H,4-7,9,11-13H2,1-3H3,(H,24,29)(H,25,26)(H,27,28). The molecule has 3 N–H and O–H groups in total. The number of nitrogens with one attached hydrogen (secondary N) is 2. The zero-order valence-corrected chi connectivity index (χ0v) is 18.6. The van der Waals surface area contributed by atoms with Gasteiger partial charge in [0.15, 0.2) is 11.5 Å². The second-order valence-corrected chi connectivity index (χ2v) is 7.98. The summed E-state index contributed by atoms with van der Waals surface area (Å²) in [5, 5.41) is 14.1. The molecule has 0 aromatic heterocycles. The largest absolute Gasteiger partial charge is 0.483 e. The summed E-state index contributed by atoms with van der Waals surface area (Å²) in [5.74, 6) is -0.326. The van der Waals surface area contributed by atoms with Crippen LogP contribution in [-0.4, -0.2) is 47.7 Å². The number of unbranched alkanes of at least 4 members (excludes halogenated alkanes) is 2. The molecule has 0 saturated carbocycles. The Morgan fingerprint density at radius 2 is 1.94 bits per heavy atom. The second kappa shape index (κ2) is 12.2. The van der Waals surface area contributed by atoms with Gasteiger partial charge in [-0.15, -0.1) is 0 Å². The van der Waals surface area contributed by atoms with E-state index in [1.165, 1.54) is 13.3 Å². The molecular weight excluding hydrogens is 400 g/mol. The zero-order chi connectivity index (χ0) is 22.8. The molecule has 1 aromatic rings. The van der Waals surface area contributed by atoms with Gasteiger partial charge in [-0.3, -0.25) is 14.4 Å². The number of aliphatic carboxylic acids is 1. The van der Waals surface area contributed by atoms with Crippen molar-refractivity contribution in [2.45, 2.75) is 84.0 Å². The van der Waals surface area contributed by atoms with Gasteiger partial charge in [0.05, 0.1) is 0 Å². The molecular formula is C23H34N2O6. The molecule has 1 aliphatic heterocycles. The summed E-state index contributed by atoms with van der Waals surface area (Å²) in [6.45, 7) is 5.86. The van der Waals surface area contributed by atoms with Gasteiger partial charge >= 0.3 is 5.97 Å². The lowest BCUT2D eigenvalue weighted by molar-refractivity contribution is -0.137. The molecule has 1 aliphatic rings. The third-order valence-corrected chi connectivity index (χ3v) is 5.27. The Morgan fingerprint density at radius 1 is 1.16 bits per heavy atom. The number of carbonyl (C=O) groups excluding carboxylic acids is 2. The van der Waals surface area contributed by atoms with Gasteiger partial charge in [-0.25, -0.2) is 0 Å². The Labute approximate surface area is 183 Å². The van der Waals surface area contributed by atoms with Crippen molar-refractivity contribution in [3.05, 3.63) is 23.8 Å². The maximum absolute atomic E-state index is 12.4. The van der Waals surface area contributed by atoms with Gasteiger partial charge in [0, 0.05) is 19.9 Å². The molecule has 172 valence electrons. The number of benzene rings is 1. The van der Waals surface area contributed by atoms with Crippen molar-refractivity contribution >= 4 is 17.8 Å². The van der Waals surface area contributed by atoms with E-state index in [2.05, 4.69) is 17.6 Å². The van der Waals surface area contributed by atoms with E-state index in [0.29, 0.717) is 13.0 Å². The Bertz CT molecular complexity index is 766. The number of carboxylic acids is 1. The monoisotopic (exact) mass is 434 g/mol. The number of carboxylic acid groups (broad SMARTS) is 1. The van der Waals surface area contributed by atoms with Crippen molar-refractivity contribution < 1.29 is 29.0 Å². The number of carbonyl (C=O) groups is 3. The zero-order valence-electron chi connectivity index (χ0n) is 18.6. The van der Waals surface area contributed by atoms with Crippen LogP contribution in [0.5, 0.6) is 11.5 Å². The summed E-state index contributed by atoms with van der Waals surface area (Å²) in [7, 11) is 0. The van der Waals surface area contributed by atoms with E-state index in [1.807, 2.05) is 25.1 Å². The molecule has 31 heavy (non-hydrogen) atoms. The van der Waals surface area contributed by atoms with Gasteiger partial charge in [-0.1, -0.05) is 25.8 Å². The van der Waals surface area contributed by atoms with Crippen LogP contribution in [0.3, 0.4) is 0 Å². The molecule has 2 rings (SSSR count). The van der Waals surface area contributed by atoms with Crippen LogP contribution in [0.2, 0.25) is 0 Å². The molecule has 0 spiro atoms. The van der Waals surface area contributed by atoms with Crippen LogP contribution in [-0.2, 0) is 20.8 Å². The Balaban J connectivity index is 1.89. The van der Waals surface area contributed by atoms with Crippen molar-refractivity contribution in [2.75, 3.05) is 6.54 Å². The highest BCUT2D eigenvalue weighted by atomic mass is 16.6. The Morgan fingerprint density at radius 3 is 2.61 bits per heavy atom. The summed E-state index contributed by atoms with van der Waals surface area (Å²) < 4.78 is 12.2. The third-order valence-electron chi connectivity index (χ3n) is 5.27. The minimum atomic E-state index is -1.01. The van der Waals surface area contributed by atoms with E-state index < -0.39 is 12.0 Å². The number of hydrogen-bond donors (Lipinski definition) is 3. The van der Waals surface area contributed by atoms with Gasteiger partial charge in [0.1, 0.15) is 18.2 Å². The number of rotatable bonds is 12. The average Bonchev–Trinajstić information content (AvgIpc) is 2.71. The van der Waals surface area contributed by atoms with Crippen LogP contribution in [0, 0.1) is 0 Å². The molecule has 0 saturated heterocycles. The first-order chi connectivity index (χ1) is 14.8. The number of fused-ring (bicyclic) bond motifs is 1. The summed E-state index contributed by atoms with van der Waals surface area (Å²) in [6.07, 6.45) is 4.85. The lowest BCUT2D eigenvalue weighted by Gasteiger charge is -2.32. The van der Waals surface area contributed by atoms with Gasteiger partial charge in [-0.2, -0.15) is 0 Å². The van der Waals surface area contributed by atoms with E-state index in [-0.39, 0.29) is 36.9 Å². The highest BCUT2D eigenvalue weighted by Gasteiger charge is 2.28. The highest BCUT2D eigenvalue weighted by molar-refractivity contribution is 5.87. The predicted octanol–water partition coefficient (Wildman–Crippen LogP) is 2.82. The molecule has 0 bridgehead atoms. The minimum absolute atomic E-state index is 0.00556. The minimum Gasteiger partial charge on any atom is -0.483 e. The van der Waals surface area contributed by atoms with E-state index in [0.717, 1.165) is 36.3 Å². The van der Waals surface area contributed by atoms with Crippen molar-refractivity contribution in [3.63, 3.8) is 0 Å². The van der Waals surface area contributed by atoms with Crippen molar-refractivity contribution in [2.24, 2.45) is 0 Å². The molecule has 8 heteroatoms. The number of hydrogen-bond acceptors (Lipinski definition) is 5. The second-order valence-electron chi connectivity index (χ2n) is 7.98. The maximum atomic E-state index is 12.4. The lowest BCUT2D eigenvalue weighted by Crippen LogP contribution is -2.46. The molecule has 0 fully saturated rings. The van der Waals surface area contributed by atoms with Gasteiger partial charge < -0.3 is 25.2 Å². The number of amides is 2. The fraction of sp³-hybridized carbons (Fsp3) is 0.609. The third kappa shape index (κ3) is 8.11. The molecule has 2 amide bonds. The molecule has 1 aromatic carbocycles. The fourth-order valence-corrected chi connectivity index (χ4v) is 3.56. The van der Waals surface area contributed by atoms with Crippen LogP contribution >= 0.6 is 0 Å². The molecule has 1 heterocycles. The Hall–Kier alpha value is -2.77. The molecule has 8 nitrogen and oxygen atoms in total. The first-order valence-electron chi connectivity index (χ1n) is 11.0. The van der Waals surface area contributed by atoms with E-state index >= 15 is 0 Å². The van der Waals surface area contributed by atoms with Crippen LogP contribution < -0.4 is 20.1 Å². The fourth-order valence-electron chi connectivity index (χ4n) is 3.56. The van der Waals surface area contributed by atoms with Gasteiger partial charge in [0.25, 0.3) is 0 Å². The highest BCUT2D eigenvalue weighted by Crippen LogP contribution is 2.36. The molecule has 3 unspecified atom stereocenters. The van der Waals surface area contributed by atoms with Crippen molar-refractivity contribution in [3.8, 4) is 11.5 Å². The normalized spacial score (nSPS) is 18.2. The first kappa shape index (κ1) is 24.5. The van der Waals surface area contributed by atoms with E-state index in [4.69, 9.17) is 14.6 Å². The van der Waals surface area contributed by atoms with E-state index in [1.54, 1.807) is 0 Å². The Kier molecular flexibility index (Phi) is 9.62. The number of ether oxygens (including phenoxy) is 2. The topological polar surface area (TPSA) is 114 Å². The molecule has 3 atom stereocenters. The van der Waals surface area contributed by atoms with Crippen LogP contribution in [0.25, 0.3) is 0 Å². The lowest BCUT2D eigenvalue weighted by atomic mass is 10.0. The van der Waals surface area contributed by atoms with Crippen LogP contribution in [0.15, 0.2) is 18.2 Å². The summed E-state index contributed by atoms with van der Waals surface area (Å²) in [6, 6.07) is 4.90. The van der Waals surface area contributed by atoms with Gasteiger partial charge in [0.2, 0.25) is 11.8 Å². The first-order valence-corrected chi connectivity index (χ1v) is 11.0. The summed E-state index contributed by atoms with van der Waals surface area (Å²) in [4.78, 5) is 34.4.